The Balaban J connectivity index is 1.86. The molecule has 0 radical (unpaired) electrons. The van der Waals surface area contributed by atoms with Gasteiger partial charge in [-0.3, -0.25) is 14.9 Å². The van der Waals surface area contributed by atoms with Crippen LogP contribution in [0.25, 0.3) is 0 Å². The molecule has 2 rings (SSSR count). The van der Waals surface area contributed by atoms with Gasteiger partial charge in [-0.05, 0) is 30.4 Å². The molecule has 1 aliphatic heterocycles. The monoisotopic (exact) mass is 320 g/mol. The van der Waals surface area contributed by atoms with Crippen LogP contribution >= 0.6 is 0 Å². The largest absolute Gasteiger partial charge is 0.480 e. The first-order valence-electron chi connectivity index (χ1n) is 8.03. The molecule has 126 valence electrons. The highest BCUT2D eigenvalue weighted by Gasteiger charge is 2.32. The molecule has 1 aliphatic rings. The van der Waals surface area contributed by atoms with Crippen molar-refractivity contribution in [2.75, 3.05) is 6.61 Å². The van der Waals surface area contributed by atoms with E-state index in [0.717, 1.165) is 17.5 Å². The minimum atomic E-state index is -0.904. The molecule has 0 aromatic heterocycles. The lowest BCUT2D eigenvalue weighted by molar-refractivity contribution is -0.139. The fourth-order valence-corrected chi connectivity index (χ4v) is 2.65. The van der Waals surface area contributed by atoms with E-state index < -0.39 is 18.1 Å². The van der Waals surface area contributed by atoms with Crippen LogP contribution in [0.3, 0.4) is 0 Å². The van der Waals surface area contributed by atoms with Crippen molar-refractivity contribution >= 4 is 11.9 Å². The molecule has 1 saturated heterocycles. The van der Waals surface area contributed by atoms with E-state index in [1.54, 1.807) is 0 Å². The van der Waals surface area contributed by atoms with Gasteiger partial charge in [-0.15, -0.1) is 0 Å². The van der Waals surface area contributed by atoms with Crippen LogP contribution in [0.15, 0.2) is 24.3 Å². The second kappa shape index (κ2) is 8.64. The van der Waals surface area contributed by atoms with Crippen molar-refractivity contribution in [1.82, 2.24) is 10.6 Å². The molecule has 1 heterocycles. The van der Waals surface area contributed by atoms with E-state index in [1.165, 1.54) is 0 Å². The number of benzene rings is 1. The summed E-state index contributed by atoms with van der Waals surface area (Å²) in [5.41, 5.74) is 2.08. The summed E-state index contributed by atoms with van der Waals surface area (Å²) >= 11 is 0. The lowest BCUT2D eigenvalue weighted by atomic mass is 10.1. The molecule has 0 aliphatic carbocycles. The van der Waals surface area contributed by atoms with Crippen LogP contribution in [0.5, 0.6) is 0 Å². The number of rotatable bonds is 8. The highest BCUT2D eigenvalue weighted by Crippen LogP contribution is 2.14. The van der Waals surface area contributed by atoms with Crippen LogP contribution in [-0.4, -0.2) is 35.7 Å². The molecule has 2 atom stereocenters. The smallest absolute Gasteiger partial charge is 0.320 e. The van der Waals surface area contributed by atoms with Crippen molar-refractivity contribution in [2.24, 2.45) is 0 Å². The molecule has 1 aromatic rings. The van der Waals surface area contributed by atoms with E-state index in [0.29, 0.717) is 32.6 Å². The summed E-state index contributed by atoms with van der Waals surface area (Å²) in [5, 5.41) is 14.7. The first-order chi connectivity index (χ1) is 11.1. The fourth-order valence-electron chi connectivity index (χ4n) is 2.65. The summed E-state index contributed by atoms with van der Waals surface area (Å²) in [6, 6.07) is 6.78. The summed E-state index contributed by atoms with van der Waals surface area (Å²) in [7, 11) is 0. The van der Waals surface area contributed by atoms with E-state index in [9.17, 15) is 9.59 Å². The Kier molecular flexibility index (Phi) is 6.55. The zero-order valence-electron chi connectivity index (χ0n) is 13.4. The van der Waals surface area contributed by atoms with Gasteiger partial charge in [0.1, 0.15) is 6.04 Å². The molecule has 0 saturated carbocycles. The topological polar surface area (TPSA) is 87.7 Å². The van der Waals surface area contributed by atoms with E-state index >= 15 is 0 Å². The van der Waals surface area contributed by atoms with Gasteiger partial charge in [0, 0.05) is 13.2 Å². The quantitative estimate of drug-likeness (QED) is 0.631. The number of amides is 1. The number of ether oxygens (including phenoxy) is 1. The van der Waals surface area contributed by atoms with Crippen LogP contribution in [0.2, 0.25) is 0 Å². The SMILES string of the molecule is CCCOCc1ccccc1CNC(=O)[C@H]1CC[C@@H](C(=O)O)N1. The van der Waals surface area contributed by atoms with Crippen molar-refractivity contribution in [2.45, 2.75) is 51.4 Å². The number of carbonyl (C=O) groups is 2. The van der Waals surface area contributed by atoms with Gasteiger partial charge in [0.2, 0.25) is 5.91 Å². The fraction of sp³-hybridized carbons (Fsp3) is 0.529. The highest BCUT2D eigenvalue weighted by molar-refractivity contribution is 5.84. The van der Waals surface area contributed by atoms with Gasteiger partial charge in [-0.2, -0.15) is 0 Å². The molecular formula is C17H24N2O4. The Morgan fingerprint density at radius 2 is 1.96 bits per heavy atom. The van der Waals surface area contributed by atoms with E-state index in [2.05, 4.69) is 17.6 Å². The maximum Gasteiger partial charge on any atom is 0.320 e. The minimum absolute atomic E-state index is 0.155. The number of carbonyl (C=O) groups excluding carboxylic acids is 1. The third kappa shape index (κ3) is 5.04. The number of carboxylic acids is 1. The van der Waals surface area contributed by atoms with Crippen molar-refractivity contribution in [3.05, 3.63) is 35.4 Å². The van der Waals surface area contributed by atoms with E-state index in [1.807, 2.05) is 24.3 Å². The molecule has 1 aromatic carbocycles. The van der Waals surface area contributed by atoms with Gasteiger partial charge in [-0.1, -0.05) is 31.2 Å². The minimum Gasteiger partial charge on any atom is -0.480 e. The maximum absolute atomic E-state index is 12.2. The zero-order valence-corrected chi connectivity index (χ0v) is 13.4. The third-order valence-corrected chi connectivity index (χ3v) is 3.94. The molecule has 0 unspecified atom stereocenters. The second-order valence-corrected chi connectivity index (χ2v) is 5.73. The zero-order chi connectivity index (χ0) is 16.7. The lowest BCUT2D eigenvalue weighted by Gasteiger charge is -2.14. The molecule has 6 heteroatoms. The molecule has 0 spiro atoms. The Hall–Kier alpha value is -1.92. The molecule has 1 amide bonds. The van der Waals surface area contributed by atoms with E-state index in [-0.39, 0.29) is 5.91 Å². The highest BCUT2D eigenvalue weighted by atomic mass is 16.5. The standard InChI is InChI=1S/C17H24N2O4/c1-2-9-23-11-13-6-4-3-5-12(13)10-18-16(20)14-7-8-15(19-14)17(21)22/h3-6,14-15,19H,2,7-11H2,1H3,(H,18,20)(H,21,22)/t14-,15+/m1/s1. The van der Waals surface area contributed by atoms with Crippen molar-refractivity contribution in [3.63, 3.8) is 0 Å². The molecule has 3 N–H and O–H groups in total. The molecule has 1 fully saturated rings. The Labute approximate surface area is 136 Å². The number of aliphatic carboxylic acids is 1. The maximum atomic E-state index is 12.2. The Morgan fingerprint density at radius 1 is 1.26 bits per heavy atom. The van der Waals surface area contributed by atoms with E-state index in [4.69, 9.17) is 9.84 Å². The Morgan fingerprint density at radius 3 is 2.61 bits per heavy atom. The average Bonchev–Trinajstić information content (AvgIpc) is 3.04. The van der Waals surface area contributed by atoms with Gasteiger partial charge in [0.25, 0.3) is 0 Å². The van der Waals surface area contributed by atoms with Crippen LogP contribution in [-0.2, 0) is 27.5 Å². The van der Waals surface area contributed by atoms with Crippen molar-refractivity contribution in [1.29, 1.82) is 0 Å². The molecular weight excluding hydrogens is 296 g/mol. The Bertz CT molecular complexity index is 547. The number of carboxylic acid groups (broad SMARTS) is 1. The van der Waals surface area contributed by atoms with Crippen LogP contribution in [0, 0.1) is 0 Å². The molecule has 0 bridgehead atoms. The summed E-state index contributed by atoms with van der Waals surface area (Å²) in [6.07, 6.45) is 2.00. The number of hydrogen-bond acceptors (Lipinski definition) is 4. The summed E-state index contributed by atoms with van der Waals surface area (Å²) < 4.78 is 5.57. The first kappa shape index (κ1) is 17.4. The average molecular weight is 320 g/mol. The van der Waals surface area contributed by atoms with Gasteiger partial charge >= 0.3 is 5.97 Å². The van der Waals surface area contributed by atoms with Crippen LogP contribution < -0.4 is 10.6 Å². The molecule has 23 heavy (non-hydrogen) atoms. The van der Waals surface area contributed by atoms with Gasteiger partial charge < -0.3 is 15.2 Å². The second-order valence-electron chi connectivity index (χ2n) is 5.73. The van der Waals surface area contributed by atoms with Crippen LogP contribution in [0.4, 0.5) is 0 Å². The lowest BCUT2D eigenvalue weighted by Crippen LogP contribution is -2.44. The summed E-state index contributed by atoms with van der Waals surface area (Å²) in [6.45, 7) is 3.72. The molecule has 6 nitrogen and oxygen atoms in total. The number of nitrogens with one attached hydrogen (secondary N) is 2. The first-order valence-corrected chi connectivity index (χ1v) is 8.03. The van der Waals surface area contributed by atoms with Crippen molar-refractivity contribution in [3.8, 4) is 0 Å². The summed E-state index contributed by atoms with van der Waals surface area (Å²) in [4.78, 5) is 23.1. The predicted molar refractivity (Wildman–Crippen MR) is 85.8 cm³/mol. The van der Waals surface area contributed by atoms with Crippen molar-refractivity contribution < 1.29 is 19.4 Å². The van der Waals surface area contributed by atoms with Gasteiger partial charge in [0.15, 0.2) is 0 Å². The predicted octanol–water partition coefficient (Wildman–Crippen LogP) is 1.43. The van der Waals surface area contributed by atoms with Gasteiger partial charge in [0.05, 0.1) is 12.6 Å². The van der Waals surface area contributed by atoms with Crippen LogP contribution in [0.1, 0.15) is 37.3 Å². The van der Waals surface area contributed by atoms with Gasteiger partial charge in [-0.25, -0.2) is 0 Å². The number of hydrogen-bond donors (Lipinski definition) is 3. The normalized spacial score (nSPS) is 20.4. The summed E-state index contributed by atoms with van der Waals surface area (Å²) in [5.74, 6) is -1.06. The third-order valence-electron chi connectivity index (χ3n) is 3.94.